The van der Waals surface area contributed by atoms with Gasteiger partial charge in [0.2, 0.25) is 0 Å². The zero-order valence-electron chi connectivity index (χ0n) is 13.6. The Bertz CT molecular complexity index is 694. The van der Waals surface area contributed by atoms with Crippen LogP contribution in [0.1, 0.15) is 37.0 Å². The number of hydrogen-bond acceptors (Lipinski definition) is 5. The highest BCUT2D eigenvalue weighted by atomic mass is 35.5. The second kappa shape index (κ2) is 6.79. The molecule has 2 rings (SSSR count). The van der Waals surface area contributed by atoms with Crippen LogP contribution in [0.2, 0.25) is 5.02 Å². The molecule has 5 nitrogen and oxygen atoms in total. The first kappa shape index (κ1) is 18.2. The molecule has 1 aliphatic rings. The number of ether oxygens (including phenoxy) is 1. The number of carbonyl (C=O) groups is 1. The van der Waals surface area contributed by atoms with Crippen molar-refractivity contribution in [1.29, 1.82) is 0 Å². The highest BCUT2D eigenvalue weighted by Gasteiger charge is 2.34. The summed E-state index contributed by atoms with van der Waals surface area (Å²) in [7, 11) is -3.36. The Morgan fingerprint density at radius 1 is 1.30 bits per heavy atom. The zero-order chi connectivity index (χ0) is 17.3. The van der Waals surface area contributed by atoms with Gasteiger partial charge < -0.3 is 10.1 Å². The predicted octanol–water partition coefficient (Wildman–Crippen LogP) is 2.68. The van der Waals surface area contributed by atoms with Crippen molar-refractivity contribution in [2.75, 3.05) is 19.3 Å². The van der Waals surface area contributed by atoms with Crippen LogP contribution in [-0.2, 0) is 14.6 Å². The van der Waals surface area contributed by atoms with Gasteiger partial charge in [0.15, 0.2) is 9.84 Å². The molecule has 0 spiro atoms. The second-order valence-corrected chi connectivity index (χ2v) is 8.85. The Hall–Kier alpha value is -1.11. The average Bonchev–Trinajstić information content (AvgIpc) is 2.46. The fraction of sp³-hybridized carbons (Fsp3) is 0.562. The summed E-state index contributed by atoms with van der Waals surface area (Å²) in [4.78, 5) is 12.5. The molecule has 1 aliphatic heterocycles. The molecule has 0 unspecified atom stereocenters. The van der Waals surface area contributed by atoms with E-state index in [2.05, 4.69) is 5.32 Å². The van der Waals surface area contributed by atoms with Gasteiger partial charge in [0.05, 0.1) is 15.5 Å². The van der Waals surface area contributed by atoms with Crippen LogP contribution in [0.25, 0.3) is 0 Å². The van der Waals surface area contributed by atoms with Crippen LogP contribution < -0.4 is 5.32 Å². The summed E-state index contributed by atoms with van der Waals surface area (Å²) >= 11 is 6.07. The molecule has 0 atom stereocenters. The van der Waals surface area contributed by atoms with Gasteiger partial charge in [-0.25, -0.2) is 13.2 Å². The third-order valence-corrected chi connectivity index (χ3v) is 5.69. The van der Waals surface area contributed by atoms with Gasteiger partial charge in [-0.2, -0.15) is 0 Å². The molecule has 0 amide bonds. The molecule has 1 heterocycles. The molecule has 0 saturated carbocycles. The molecular formula is C16H22ClNO4S. The van der Waals surface area contributed by atoms with E-state index in [-0.39, 0.29) is 21.4 Å². The summed E-state index contributed by atoms with van der Waals surface area (Å²) in [5, 5.41) is 3.37. The Morgan fingerprint density at radius 2 is 1.91 bits per heavy atom. The molecule has 0 radical (unpaired) electrons. The minimum Gasteiger partial charge on any atom is -0.456 e. The van der Waals surface area contributed by atoms with E-state index in [1.54, 1.807) is 0 Å². The molecule has 1 fully saturated rings. The van der Waals surface area contributed by atoms with Crippen molar-refractivity contribution in [2.45, 2.75) is 37.2 Å². The molecular weight excluding hydrogens is 338 g/mol. The monoisotopic (exact) mass is 359 g/mol. The summed E-state index contributed by atoms with van der Waals surface area (Å²) in [6.45, 7) is 5.63. The maximum Gasteiger partial charge on any atom is 0.340 e. The zero-order valence-corrected chi connectivity index (χ0v) is 15.1. The van der Waals surface area contributed by atoms with Gasteiger partial charge in [-0.3, -0.25) is 0 Å². The van der Waals surface area contributed by atoms with Crippen LogP contribution >= 0.6 is 11.6 Å². The molecule has 0 aliphatic carbocycles. The molecule has 23 heavy (non-hydrogen) atoms. The molecule has 1 aromatic carbocycles. The van der Waals surface area contributed by atoms with E-state index in [4.69, 9.17) is 16.3 Å². The Balaban J connectivity index is 2.17. The topological polar surface area (TPSA) is 72.5 Å². The number of carbonyl (C=O) groups excluding carboxylic acids is 1. The maximum absolute atomic E-state index is 12.4. The number of hydrogen-bond donors (Lipinski definition) is 1. The van der Waals surface area contributed by atoms with Gasteiger partial charge in [0.25, 0.3) is 0 Å². The normalized spacial score (nSPS) is 17.0. The van der Waals surface area contributed by atoms with E-state index in [1.807, 2.05) is 13.8 Å². The lowest BCUT2D eigenvalue weighted by atomic mass is 9.83. The van der Waals surface area contributed by atoms with Crippen LogP contribution in [0.5, 0.6) is 0 Å². The maximum atomic E-state index is 12.4. The van der Waals surface area contributed by atoms with Gasteiger partial charge in [0, 0.05) is 12.2 Å². The van der Waals surface area contributed by atoms with Crippen LogP contribution in [-0.4, -0.2) is 39.3 Å². The largest absolute Gasteiger partial charge is 0.456 e. The van der Waals surface area contributed by atoms with Crippen LogP contribution in [0.4, 0.5) is 0 Å². The van der Waals surface area contributed by atoms with Gasteiger partial charge in [-0.05, 0) is 58.0 Å². The van der Waals surface area contributed by atoms with Crippen molar-refractivity contribution in [1.82, 2.24) is 5.32 Å². The van der Waals surface area contributed by atoms with Crippen molar-refractivity contribution in [3.8, 4) is 0 Å². The molecule has 1 aromatic rings. The van der Waals surface area contributed by atoms with E-state index < -0.39 is 21.4 Å². The van der Waals surface area contributed by atoms with Crippen LogP contribution in [0.15, 0.2) is 23.1 Å². The molecule has 0 bridgehead atoms. The van der Waals surface area contributed by atoms with Gasteiger partial charge in [-0.1, -0.05) is 11.6 Å². The van der Waals surface area contributed by atoms with Crippen molar-refractivity contribution >= 4 is 27.4 Å². The number of esters is 1. The Kier molecular flexibility index (Phi) is 5.38. The summed E-state index contributed by atoms with van der Waals surface area (Å²) in [5.74, 6) is -0.250. The van der Waals surface area contributed by atoms with E-state index in [1.165, 1.54) is 18.2 Å². The first-order chi connectivity index (χ1) is 10.6. The van der Waals surface area contributed by atoms with E-state index in [9.17, 15) is 13.2 Å². The van der Waals surface area contributed by atoms with Crippen LogP contribution in [0, 0.1) is 5.92 Å². The minimum absolute atomic E-state index is 0.0802. The van der Waals surface area contributed by atoms with E-state index in [0.717, 1.165) is 32.2 Å². The van der Waals surface area contributed by atoms with Crippen molar-refractivity contribution in [3.05, 3.63) is 28.8 Å². The predicted molar refractivity (Wildman–Crippen MR) is 89.7 cm³/mol. The third kappa shape index (κ3) is 4.46. The molecule has 128 valence electrons. The van der Waals surface area contributed by atoms with Gasteiger partial charge in [-0.15, -0.1) is 0 Å². The number of sulfone groups is 1. The summed E-state index contributed by atoms with van der Waals surface area (Å²) in [6, 6.07) is 4.06. The molecule has 7 heteroatoms. The lowest BCUT2D eigenvalue weighted by Crippen LogP contribution is -2.42. The minimum atomic E-state index is -3.36. The summed E-state index contributed by atoms with van der Waals surface area (Å²) < 4.78 is 28.7. The number of piperidine rings is 1. The Labute approximate surface area is 142 Å². The van der Waals surface area contributed by atoms with Crippen molar-refractivity contribution in [2.24, 2.45) is 5.92 Å². The fourth-order valence-electron chi connectivity index (χ4n) is 2.79. The quantitative estimate of drug-likeness (QED) is 0.837. The highest BCUT2D eigenvalue weighted by Crippen LogP contribution is 2.31. The molecule has 0 aromatic heterocycles. The molecule has 1 saturated heterocycles. The SMILES string of the molecule is CC(C)(OC(=O)c1ccc(S(C)(=O)=O)cc1Cl)C1CCNCC1. The second-order valence-electron chi connectivity index (χ2n) is 6.43. The fourth-order valence-corrected chi connectivity index (χ4v) is 3.76. The first-order valence-electron chi connectivity index (χ1n) is 7.55. The summed E-state index contributed by atoms with van der Waals surface area (Å²) in [5.41, 5.74) is -0.418. The number of nitrogens with one attached hydrogen (secondary N) is 1. The van der Waals surface area contributed by atoms with E-state index in [0.29, 0.717) is 0 Å². The number of rotatable bonds is 4. The highest BCUT2D eigenvalue weighted by molar-refractivity contribution is 7.90. The summed E-state index contributed by atoms with van der Waals surface area (Å²) in [6.07, 6.45) is 2.99. The number of benzene rings is 1. The van der Waals surface area contributed by atoms with Gasteiger partial charge >= 0.3 is 5.97 Å². The lowest BCUT2D eigenvalue weighted by Gasteiger charge is -2.36. The number of halogens is 1. The Morgan fingerprint density at radius 3 is 2.43 bits per heavy atom. The van der Waals surface area contributed by atoms with Crippen LogP contribution in [0.3, 0.4) is 0 Å². The van der Waals surface area contributed by atoms with Crippen molar-refractivity contribution < 1.29 is 17.9 Å². The smallest absolute Gasteiger partial charge is 0.340 e. The van der Waals surface area contributed by atoms with E-state index >= 15 is 0 Å². The lowest BCUT2D eigenvalue weighted by molar-refractivity contribution is -0.0368. The van der Waals surface area contributed by atoms with Crippen molar-refractivity contribution in [3.63, 3.8) is 0 Å². The molecule has 1 N–H and O–H groups in total. The van der Waals surface area contributed by atoms with Gasteiger partial charge in [0.1, 0.15) is 5.60 Å². The first-order valence-corrected chi connectivity index (χ1v) is 9.82. The average molecular weight is 360 g/mol. The third-order valence-electron chi connectivity index (χ3n) is 4.27. The standard InChI is InChI=1S/C16H22ClNO4S/c1-16(2,11-6-8-18-9-7-11)22-15(19)13-5-4-12(10-14(13)17)23(3,20)21/h4-5,10-11,18H,6-9H2,1-3H3.